The zero-order valence-electron chi connectivity index (χ0n) is 12.9. The van der Waals surface area contributed by atoms with Crippen LogP contribution in [0.5, 0.6) is 0 Å². The maximum absolute atomic E-state index is 12.9. The molecular weight excluding hydrogens is 293 g/mol. The molecule has 1 aliphatic heterocycles. The van der Waals surface area contributed by atoms with E-state index in [1.807, 2.05) is 31.2 Å². The van der Waals surface area contributed by atoms with Crippen LogP contribution >= 0.6 is 0 Å². The Morgan fingerprint density at radius 2 is 2.00 bits per heavy atom. The molecule has 0 aromatic heterocycles. The summed E-state index contributed by atoms with van der Waals surface area (Å²) in [4.78, 5) is 12.9. The molecule has 1 amide bonds. The van der Waals surface area contributed by atoms with Gasteiger partial charge in [-0.3, -0.25) is 4.79 Å². The molecule has 5 heteroatoms. The van der Waals surface area contributed by atoms with E-state index in [1.165, 1.54) is 17.7 Å². The highest BCUT2D eigenvalue weighted by Gasteiger charge is 2.23. The highest BCUT2D eigenvalue weighted by molar-refractivity contribution is 5.96. The van der Waals surface area contributed by atoms with Crippen LogP contribution in [0.15, 0.2) is 42.5 Å². The van der Waals surface area contributed by atoms with Gasteiger partial charge in [0.05, 0.1) is 18.2 Å². The van der Waals surface area contributed by atoms with Gasteiger partial charge in [-0.1, -0.05) is 23.8 Å². The molecule has 0 spiro atoms. The SMILES string of the molecule is Cc1ccc(C#N)cc1.NCC(=O)N1CCc2ccc(F)cc21. The fourth-order valence-corrected chi connectivity index (χ4v) is 2.35. The first-order valence-electron chi connectivity index (χ1n) is 7.30. The van der Waals surface area contributed by atoms with E-state index in [1.54, 1.807) is 11.0 Å². The number of nitriles is 1. The van der Waals surface area contributed by atoms with Gasteiger partial charge in [0.2, 0.25) is 5.91 Å². The summed E-state index contributed by atoms with van der Waals surface area (Å²) in [5, 5.41) is 8.38. The molecule has 2 aromatic carbocycles. The second-order valence-electron chi connectivity index (χ2n) is 5.25. The van der Waals surface area contributed by atoms with Gasteiger partial charge in [-0.05, 0) is 43.2 Å². The van der Waals surface area contributed by atoms with Crippen molar-refractivity contribution in [1.82, 2.24) is 0 Å². The van der Waals surface area contributed by atoms with Crippen LogP contribution in [-0.4, -0.2) is 19.0 Å². The maximum atomic E-state index is 12.9. The van der Waals surface area contributed by atoms with Gasteiger partial charge in [-0.25, -0.2) is 4.39 Å². The smallest absolute Gasteiger partial charge is 0.240 e. The summed E-state index contributed by atoms with van der Waals surface area (Å²) in [5.41, 5.74) is 8.85. The number of anilines is 1. The predicted molar refractivity (Wildman–Crippen MR) is 87.4 cm³/mol. The molecule has 0 fully saturated rings. The van der Waals surface area contributed by atoms with E-state index in [4.69, 9.17) is 11.0 Å². The maximum Gasteiger partial charge on any atom is 0.240 e. The third-order valence-electron chi connectivity index (χ3n) is 3.60. The number of benzene rings is 2. The number of carbonyl (C=O) groups is 1. The zero-order valence-corrected chi connectivity index (χ0v) is 12.9. The van der Waals surface area contributed by atoms with E-state index >= 15 is 0 Å². The Labute approximate surface area is 134 Å². The average Bonchev–Trinajstić information content (AvgIpc) is 2.98. The highest BCUT2D eigenvalue weighted by Crippen LogP contribution is 2.28. The molecule has 1 aliphatic rings. The minimum atomic E-state index is -0.319. The fourth-order valence-electron chi connectivity index (χ4n) is 2.35. The van der Waals surface area contributed by atoms with Crippen LogP contribution in [0, 0.1) is 24.1 Å². The lowest BCUT2D eigenvalue weighted by molar-refractivity contribution is -0.117. The van der Waals surface area contributed by atoms with Crippen molar-refractivity contribution in [3.05, 3.63) is 65.0 Å². The second kappa shape index (κ2) is 7.52. The molecule has 0 atom stereocenters. The monoisotopic (exact) mass is 311 g/mol. The number of hydrogen-bond acceptors (Lipinski definition) is 3. The summed E-state index contributed by atoms with van der Waals surface area (Å²) in [6.07, 6.45) is 0.779. The average molecular weight is 311 g/mol. The first-order chi connectivity index (χ1) is 11.0. The number of carbonyl (C=O) groups excluding carboxylic acids is 1. The van der Waals surface area contributed by atoms with Gasteiger partial charge < -0.3 is 10.6 Å². The van der Waals surface area contributed by atoms with Gasteiger partial charge in [0.25, 0.3) is 0 Å². The number of hydrogen-bond donors (Lipinski definition) is 1. The quantitative estimate of drug-likeness (QED) is 0.880. The molecule has 0 aliphatic carbocycles. The summed E-state index contributed by atoms with van der Waals surface area (Å²) >= 11 is 0. The molecule has 2 aromatic rings. The number of nitrogens with two attached hydrogens (primary N) is 1. The molecular formula is C18H18FN3O. The Balaban J connectivity index is 0.000000185. The largest absolute Gasteiger partial charge is 0.322 e. The third-order valence-corrected chi connectivity index (χ3v) is 3.60. The summed E-state index contributed by atoms with van der Waals surface area (Å²) in [7, 11) is 0. The topological polar surface area (TPSA) is 70.1 Å². The standard InChI is InChI=1S/C10H11FN2O.C8H7N/c11-8-2-1-7-3-4-13(9(7)5-8)10(14)6-12;1-7-2-4-8(6-9)5-3-7/h1-2,5H,3-4,6,12H2;2-5H,1H3. The van der Waals surface area contributed by atoms with Crippen LogP contribution in [0.1, 0.15) is 16.7 Å². The van der Waals surface area contributed by atoms with E-state index in [9.17, 15) is 9.18 Å². The Bertz CT molecular complexity index is 735. The van der Waals surface area contributed by atoms with Gasteiger partial charge >= 0.3 is 0 Å². The van der Waals surface area contributed by atoms with Crippen molar-refractivity contribution in [2.24, 2.45) is 5.73 Å². The predicted octanol–water partition coefficient (Wildman–Crippen LogP) is 2.54. The molecule has 3 rings (SSSR count). The number of aryl methyl sites for hydroxylation is 1. The first kappa shape index (κ1) is 16.7. The Morgan fingerprint density at radius 1 is 1.30 bits per heavy atom. The second-order valence-corrected chi connectivity index (χ2v) is 5.25. The Morgan fingerprint density at radius 3 is 2.61 bits per heavy atom. The van der Waals surface area contributed by atoms with Gasteiger partial charge in [0.1, 0.15) is 5.82 Å². The van der Waals surface area contributed by atoms with Gasteiger partial charge in [-0.2, -0.15) is 5.26 Å². The van der Waals surface area contributed by atoms with Gasteiger partial charge in [-0.15, -0.1) is 0 Å². The van der Waals surface area contributed by atoms with Crippen molar-refractivity contribution in [3.63, 3.8) is 0 Å². The van der Waals surface area contributed by atoms with Crippen molar-refractivity contribution >= 4 is 11.6 Å². The van der Waals surface area contributed by atoms with Crippen molar-refractivity contribution in [1.29, 1.82) is 5.26 Å². The van der Waals surface area contributed by atoms with Crippen LogP contribution < -0.4 is 10.6 Å². The minimum absolute atomic E-state index is 0.0318. The molecule has 0 bridgehead atoms. The van der Waals surface area contributed by atoms with Crippen LogP contribution in [0.25, 0.3) is 0 Å². The molecule has 1 heterocycles. The normalized spacial score (nSPS) is 12.0. The highest BCUT2D eigenvalue weighted by atomic mass is 19.1. The number of halogens is 1. The van der Waals surface area contributed by atoms with Crippen LogP contribution in [-0.2, 0) is 11.2 Å². The Kier molecular flexibility index (Phi) is 5.45. The van der Waals surface area contributed by atoms with E-state index in [0.717, 1.165) is 17.5 Å². The molecule has 118 valence electrons. The number of amides is 1. The number of fused-ring (bicyclic) bond motifs is 1. The van der Waals surface area contributed by atoms with Crippen molar-refractivity contribution in [2.45, 2.75) is 13.3 Å². The molecule has 0 saturated heterocycles. The molecule has 4 nitrogen and oxygen atoms in total. The lowest BCUT2D eigenvalue weighted by Gasteiger charge is -2.15. The molecule has 0 saturated carbocycles. The van der Waals surface area contributed by atoms with Crippen LogP contribution in [0.4, 0.5) is 10.1 Å². The lowest BCUT2D eigenvalue weighted by atomic mass is 10.2. The van der Waals surface area contributed by atoms with E-state index < -0.39 is 0 Å². The van der Waals surface area contributed by atoms with E-state index in [-0.39, 0.29) is 18.3 Å². The third kappa shape index (κ3) is 4.15. The minimum Gasteiger partial charge on any atom is -0.322 e. The van der Waals surface area contributed by atoms with E-state index in [2.05, 4.69) is 6.07 Å². The Hall–Kier alpha value is -2.71. The molecule has 23 heavy (non-hydrogen) atoms. The van der Waals surface area contributed by atoms with Crippen LogP contribution in [0.3, 0.4) is 0 Å². The van der Waals surface area contributed by atoms with Crippen LogP contribution in [0.2, 0.25) is 0 Å². The fraction of sp³-hybridized carbons (Fsp3) is 0.222. The molecule has 0 unspecified atom stereocenters. The van der Waals surface area contributed by atoms with Crippen molar-refractivity contribution < 1.29 is 9.18 Å². The van der Waals surface area contributed by atoms with Gasteiger partial charge in [0, 0.05) is 12.2 Å². The van der Waals surface area contributed by atoms with Gasteiger partial charge in [0.15, 0.2) is 0 Å². The lowest BCUT2D eigenvalue weighted by Crippen LogP contribution is -2.34. The summed E-state index contributed by atoms with van der Waals surface area (Å²) in [5.74, 6) is -0.477. The number of nitrogens with zero attached hydrogens (tertiary/aromatic N) is 2. The molecule has 0 radical (unpaired) electrons. The summed E-state index contributed by atoms with van der Waals surface area (Å²) in [6, 6.07) is 14.1. The molecule has 2 N–H and O–H groups in total. The number of rotatable bonds is 1. The van der Waals surface area contributed by atoms with Crippen molar-refractivity contribution in [2.75, 3.05) is 18.0 Å². The zero-order chi connectivity index (χ0) is 16.8. The summed E-state index contributed by atoms with van der Waals surface area (Å²) < 4.78 is 12.9. The summed E-state index contributed by atoms with van der Waals surface area (Å²) in [6.45, 7) is 2.58. The van der Waals surface area contributed by atoms with E-state index in [0.29, 0.717) is 12.2 Å². The van der Waals surface area contributed by atoms with Crippen molar-refractivity contribution in [3.8, 4) is 6.07 Å². The first-order valence-corrected chi connectivity index (χ1v) is 7.30.